The van der Waals surface area contributed by atoms with Gasteiger partial charge in [0.2, 0.25) is 21.8 Å². The van der Waals surface area contributed by atoms with E-state index < -0.39 is 16.1 Å². The van der Waals surface area contributed by atoms with Crippen molar-refractivity contribution in [2.24, 2.45) is 0 Å². The molecule has 0 aliphatic rings. The van der Waals surface area contributed by atoms with Gasteiger partial charge in [-0.2, -0.15) is 0 Å². The lowest BCUT2D eigenvalue weighted by molar-refractivity contribution is -0.140. The predicted octanol–water partition coefficient (Wildman–Crippen LogP) is 3.49. The number of ether oxygens (including phenoxy) is 1. The molecule has 2 aromatic rings. The standard InChI is InChI=1S/C26H37N3O5S/c1-6-27-26(31)21(4)28(19-22-12-9-8-11-20(22)3)25(30)13-10-18-29(35(5,32)33)23-14-16-24(17-15-23)34-7-2/h8-9,11-12,14-17,21H,6-7,10,13,18-19H2,1-5H3,(H,27,31)/t21-/m1/s1. The summed E-state index contributed by atoms with van der Waals surface area (Å²) in [6.07, 6.45) is 1.57. The average Bonchev–Trinajstić information content (AvgIpc) is 2.81. The molecule has 0 heterocycles. The van der Waals surface area contributed by atoms with Crippen molar-refractivity contribution in [3.8, 4) is 5.75 Å². The molecular weight excluding hydrogens is 466 g/mol. The van der Waals surface area contributed by atoms with Crippen molar-refractivity contribution < 1.29 is 22.7 Å². The molecule has 35 heavy (non-hydrogen) atoms. The minimum absolute atomic E-state index is 0.110. The summed E-state index contributed by atoms with van der Waals surface area (Å²) in [5.74, 6) is 0.236. The largest absolute Gasteiger partial charge is 0.494 e. The van der Waals surface area contributed by atoms with Crippen LogP contribution in [0.25, 0.3) is 0 Å². The van der Waals surface area contributed by atoms with E-state index in [-0.39, 0.29) is 24.8 Å². The second-order valence-corrected chi connectivity index (χ2v) is 10.3. The van der Waals surface area contributed by atoms with Gasteiger partial charge >= 0.3 is 0 Å². The van der Waals surface area contributed by atoms with E-state index in [1.54, 1.807) is 36.1 Å². The van der Waals surface area contributed by atoms with Crippen LogP contribution in [0.1, 0.15) is 44.7 Å². The van der Waals surface area contributed by atoms with E-state index >= 15 is 0 Å². The Hall–Kier alpha value is -3.07. The number of hydrogen-bond donors (Lipinski definition) is 1. The van der Waals surface area contributed by atoms with Crippen molar-refractivity contribution in [3.63, 3.8) is 0 Å². The number of carbonyl (C=O) groups excluding carboxylic acids is 2. The summed E-state index contributed by atoms with van der Waals surface area (Å²) in [6, 6.07) is 13.9. The highest BCUT2D eigenvalue weighted by Gasteiger charge is 2.26. The fourth-order valence-electron chi connectivity index (χ4n) is 3.75. The summed E-state index contributed by atoms with van der Waals surface area (Å²) in [6.45, 7) is 8.83. The first-order valence-corrected chi connectivity index (χ1v) is 13.8. The molecule has 0 aromatic heterocycles. The van der Waals surface area contributed by atoms with Crippen LogP contribution in [0.2, 0.25) is 0 Å². The lowest BCUT2D eigenvalue weighted by Gasteiger charge is -2.30. The van der Waals surface area contributed by atoms with E-state index in [0.717, 1.165) is 17.4 Å². The zero-order chi connectivity index (χ0) is 26.0. The summed E-state index contributed by atoms with van der Waals surface area (Å²) < 4.78 is 31.6. The number of nitrogens with one attached hydrogen (secondary N) is 1. The van der Waals surface area contributed by atoms with Crippen molar-refractivity contribution in [2.45, 2.75) is 53.1 Å². The summed E-state index contributed by atoms with van der Waals surface area (Å²) >= 11 is 0. The van der Waals surface area contributed by atoms with Crippen molar-refractivity contribution in [1.29, 1.82) is 0 Å². The van der Waals surface area contributed by atoms with Crippen LogP contribution in [-0.4, -0.2) is 57.1 Å². The topological polar surface area (TPSA) is 96.0 Å². The van der Waals surface area contributed by atoms with Crippen LogP contribution < -0.4 is 14.4 Å². The molecular formula is C26H37N3O5S. The van der Waals surface area contributed by atoms with Crippen LogP contribution in [0.3, 0.4) is 0 Å². The lowest BCUT2D eigenvalue weighted by atomic mass is 10.1. The summed E-state index contributed by atoms with van der Waals surface area (Å²) in [4.78, 5) is 27.4. The number of aryl methyl sites for hydroxylation is 1. The first kappa shape index (κ1) is 28.2. The highest BCUT2D eigenvalue weighted by atomic mass is 32.2. The van der Waals surface area contributed by atoms with Gasteiger partial charge in [0, 0.05) is 26.1 Å². The first-order chi connectivity index (χ1) is 16.6. The fourth-order valence-corrected chi connectivity index (χ4v) is 4.72. The Labute approximate surface area is 209 Å². The summed E-state index contributed by atoms with van der Waals surface area (Å²) in [7, 11) is -3.55. The third kappa shape index (κ3) is 8.28. The maximum absolute atomic E-state index is 13.3. The first-order valence-electron chi connectivity index (χ1n) is 11.9. The van der Waals surface area contributed by atoms with Gasteiger partial charge in [-0.25, -0.2) is 8.42 Å². The van der Waals surface area contributed by atoms with Crippen LogP contribution in [0.5, 0.6) is 5.75 Å². The Kier molecular flexibility index (Phi) is 10.6. The highest BCUT2D eigenvalue weighted by molar-refractivity contribution is 7.92. The van der Waals surface area contributed by atoms with E-state index in [1.165, 1.54) is 4.31 Å². The number of benzene rings is 2. The number of likely N-dealkylation sites (N-methyl/N-ethyl adjacent to an activating group) is 1. The Morgan fingerprint density at radius 3 is 2.29 bits per heavy atom. The number of sulfonamides is 1. The average molecular weight is 504 g/mol. The molecule has 1 atom stereocenters. The van der Waals surface area contributed by atoms with E-state index in [0.29, 0.717) is 37.6 Å². The quantitative estimate of drug-likeness (QED) is 0.451. The molecule has 0 saturated heterocycles. The number of rotatable bonds is 13. The fraction of sp³-hybridized carbons (Fsp3) is 0.462. The van der Waals surface area contributed by atoms with E-state index in [1.807, 2.05) is 45.0 Å². The second kappa shape index (κ2) is 13.1. The molecule has 9 heteroatoms. The Balaban J connectivity index is 2.15. The van der Waals surface area contributed by atoms with Gasteiger partial charge in [0.25, 0.3) is 0 Å². The smallest absolute Gasteiger partial charge is 0.242 e. The Morgan fingerprint density at radius 2 is 1.71 bits per heavy atom. The molecule has 8 nitrogen and oxygen atoms in total. The van der Waals surface area contributed by atoms with Crippen LogP contribution in [0, 0.1) is 6.92 Å². The molecule has 0 bridgehead atoms. The molecule has 2 rings (SSSR count). The van der Waals surface area contributed by atoms with Crippen LogP contribution in [0.4, 0.5) is 5.69 Å². The predicted molar refractivity (Wildman–Crippen MR) is 139 cm³/mol. The Morgan fingerprint density at radius 1 is 1.06 bits per heavy atom. The molecule has 2 aromatic carbocycles. The second-order valence-electron chi connectivity index (χ2n) is 8.38. The third-order valence-corrected chi connectivity index (χ3v) is 6.90. The van der Waals surface area contributed by atoms with E-state index in [4.69, 9.17) is 4.74 Å². The SMILES string of the molecule is CCNC(=O)[C@@H](C)N(Cc1ccccc1C)C(=O)CCCN(c1ccc(OCC)cc1)S(C)(=O)=O. The number of anilines is 1. The zero-order valence-corrected chi connectivity index (χ0v) is 22.1. The molecule has 0 spiro atoms. The lowest BCUT2D eigenvalue weighted by Crippen LogP contribution is -2.47. The molecule has 0 radical (unpaired) electrons. The molecule has 0 aliphatic carbocycles. The van der Waals surface area contributed by atoms with Gasteiger partial charge in [-0.05, 0) is 69.5 Å². The molecule has 1 N–H and O–H groups in total. The van der Waals surface area contributed by atoms with Crippen molar-refractivity contribution >= 4 is 27.5 Å². The van der Waals surface area contributed by atoms with Gasteiger partial charge < -0.3 is 15.0 Å². The molecule has 0 fully saturated rings. The minimum atomic E-state index is -3.55. The summed E-state index contributed by atoms with van der Waals surface area (Å²) in [5.41, 5.74) is 2.51. The maximum atomic E-state index is 13.3. The van der Waals surface area contributed by atoms with Crippen molar-refractivity contribution in [3.05, 3.63) is 59.7 Å². The van der Waals surface area contributed by atoms with Gasteiger partial charge in [-0.1, -0.05) is 24.3 Å². The molecule has 0 aliphatic heterocycles. The number of amides is 2. The Bertz CT molecular complexity index is 1090. The monoisotopic (exact) mass is 503 g/mol. The van der Waals surface area contributed by atoms with Crippen LogP contribution in [-0.2, 0) is 26.2 Å². The molecule has 0 unspecified atom stereocenters. The molecule has 192 valence electrons. The normalized spacial score (nSPS) is 12.0. The van der Waals surface area contributed by atoms with Crippen molar-refractivity contribution in [1.82, 2.24) is 10.2 Å². The van der Waals surface area contributed by atoms with E-state index in [9.17, 15) is 18.0 Å². The van der Waals surface area contributed by atoms with Crippen LogP contribution >= 0.6 is 0 Å². The van der Waals surface area contributed by atoms with Crippen LogP contribution in [0.15, 0.2) is 48.5 Å². The number of nitrogens with zero attached hydrogens (tertiary/aromatic N) is 2. The molecule has 0 saturated carbocycles. The third-order valence-electron chi connectivity index (χ3n) is 5.71. The summed E-state index contributed by atoms with van der Waals surface area (Å²) in [5, 5.41) is 2.78. The molecule has 2 amide bonds. The van der Waals surface area contributed by atoms with E-state index in [2.05, 4.69) is 5.32 Å². The van der Waals surface area contributed by atoms with Gasteiger partial charge in [0.1, 0.15) is 11.8 Å². The zero-order valence-electron chi connectivity index (χ0n) is 21.3. The minimum Gasteiger partial charge on any atom is -0.494 e. The number of carbonyl (C=O) groups is 2. The van der Waals surface area contributed by atoms with Gasteiger partial charge in [0.15, 0.2) is 0 Å². The highest BCUT2D eigenvalue weighted by Crippen LogP contribution is 2.23. The number of hydrogen-bond acceptors (Lipinski definition) is 5. The van der Waals surface area contributed by atoms with Gasteiger partial charge in [0.05, 0.1) is 18.6 Å². The maximum Gasteiger partial charge on any atom is 0.242 e. The van der Waals surface area contributed by atoms with Gasteiger partial charge in [-0.15, -0.1) is 0 Å². The van der Waals surface area contributed by atoms with Crippen molar-refractivity contribution in [2.75, 3.05) is 30.3 Å². The van der Waals surface area contributed by atoms with Gasteiger partial charge in [-0.3, -0.25) is 13.9 Å².